The standard InChI is InChI=1S/C18H17N3O2/c1-2-21(14-7-4-3-5-8-14)15-10-11-17(19-13-15)20-18(22)16-9-6-12-23-16/h3-13H,2H2,1H3,(H,19,20,22). The van der Waals surface area contributed by atoms with E-state index < -0.39 is 0 Å². The molecule has 2 aromatic heterocycles. The lowest BCUT2D eigenvalue weighted by Gasteiger charge is -2.23. The maximum absolute atomic E-state index is 11.9. The number of benzene rings is 1. The van der Waals surface area contributed by atoms with Crippen molar-refractivity contribution in [2.45, 2.75) is 6.92 Å². The Balaban J connectivity index is 1.75. The second kappa shape index (κ2) is 6.79. The largest absolute Gasteiger partial charge is 0.459 e. The summed E-state index contributed by atoms with van der Waals surface area (Å²) in [4.78, 5) is 18.4. The lowest BCUT2D eigenvalue weighted by Crippen LogP contribution is -2.17. The molecule has 0 aliphatic heterocycles. The zero-order valence-electron chi connectivity index (χ0n) is 12.8. The highest BCUT2D eigenvalue weighted by molar-refractivity contribution is 6.01. The Labute approximate surface area is 134 Å². The summed E-state index contributed by atoms with van der Waals surface area (Å²) in [5, 5.41) is 2.71. The smallest absolute Gasteiger partial charge is 0.292 e. The molecule has 5 nitrogen and oxygen atoms in total. The van der Waals surface area contributed by atoms with Crippen LogP contribution in [0.15, 0.2) is 71.5 Å². The minimum Gasteiger partial charge on any atom is -0.459 e. The molecule has 116 valence electrons. The number of carbonyl (C=O) groups excluding carboxylic acids is 1. The average Bonchev–Trinajstić information content (AvgIpc) is 3.13. The normalized spacial score (nSPS) is 10.3. The number of para-hydroxylation sites is 1. The minimum absolute atomic E-state index is 0.260. The van der Waals surface area contributed by atoms with Gasteiger partial charge in [0.2, 0.25) is 0 Å². The van der Waals surface area contributed by atoms with Gasteiger partial charge < -0.3 is 14.6 Å². The third kappa shape index (κ3) is 3.40. The predicted molar refractivity (Wildman–Crippen MR) is 90.0 cm³/mol. The lowest BCUT2D eigenvalue weighted by molar-refractivity contribution is 0.0996. The van der Waals surface area contributed by atoms with Crippen LogP contribution in [0.5, 0.6) is 0 Å². The highest BCUT2D eigenvalue weighted by Gasteiger charge is 2.11. The van der Waals surface area contributed by atoms with Crippen molar-refractivity contribution in [2.24, 2.45) is 0 Å². The van der Waals surface area contributed by atoms with Crippen molar-refractivity contribution in [2.75, 3.05) is 16.8 Å². The van der Waals surface area contributed by atoms with E-state index in [0.717, 1.165) is 17.9 Å². The molecule has 0 aliphatic carbocycles. The summed E-state index contributed by atoms with van der Waals surface area (Å²) in [5.74, 6) is 0.431. The number of carbonyl (C=O) groups is 1. The number of aromatic nitrogens is 1. The van der Waals surface area contributed by atoms with Gasteiger partial charge in [0.1, 0.15) is 5.82 Å². The van der Waals surface area contributed by atoms with Crippen LogP contribution in [-0.2, 0) is 0 Å². The number of nitrogens with zero attached hydrogens (tertiary/aromatic N) is 2. The molecule has 0 saturated carbocycles. The highest BCUT2D eigenvalue weighted by atomic mass is 16.3. The van der Waals surface area contributed by atoms with Gasteiger partial charge in [0.25, 0.3) is 5.91 Å². The summed E-state index contributed by atoms with van der Waals surface area (Å²) in [5.41, 5.74) is 2.07. The molecule has 1 N–H and O–H groups in total. The van der Waals surface area contributed by atoms with Gasteiger partial charge in [0.05, 0.1) is 18.1 Å². The molecule has 0 atom stereocenters. The van der Waals surface area contributed by atoms with Crippen molar-refractivity contribution < 1.29 is 9.21 Å². The Morgan fingerprint density at radius 3 is 2.52 bits per heavy atom. The number of rotatable bonds is 5. The maximum Gasteiger partial charge on any atom is 0.292 e. The number of furan rings is 1. The number of amides is 1. The number of hydrogen-bond acceptors (Lipinski definition) is 4. The second-order valence-corrected chi connectivity index (χ2v) is 4.91. The first-order valence-electron chi connectivity index (χ1n) is 7.41. The van der Waals surface area contributed by atoms with E-state index in [1.165, 1.54) is 6.26 Å². The van der Waals surface area contributed by atoms with Crippen molar-refractivity contribution in [1.82, 2.24) is 4.98 Å². The van der Waals surface area contributed by atoms with E-state index in [1.807, 2.05) is 24.3 Å². The quantitative estimate of drug-likeness (QED) is 0.771. The SMILES string of the molecule is CCN(c1ccccc1)c1ccc(NC(=O)c2ccco2)nc1. The van der Waals surface area contributed by atoms with E-state index in [2.05, 4.69) is 34.3 Å². The highest BCUT2D eigenvalue weighted by Crippen LogP contribution is 2.24. The van der Waals surface area contributed by atoms with Gasteiger partial charge in [0, 0.05) is 12.2 Å². The van der Waals surface area contributed by atoms with Gasteiger partial charge in [-0.15, -0.1) is 0 Å². The molecule has 0 saturated heterocycles. The molecule has 1 aromatic carbocycles. The molecule has 0 unspecified atom stereocenters. The molecule has 2 heterocycles. The van der Waals surface area contributed by atoms with Gasteiger partial charge in [-0.3, -0.25) is 4.79 Å². The Kier molecular flexibility index (Phi) is 4.38. The molecule has 0 radical (unpaired) electrons. The average molecular weight is 307 g/mol. The summed E-state index contributed by atoms with van der Waals surface area (Å²) in [6.45, 7) is 2.91. The molecule has 0 fully saturated rings. The summed E-state index contributed by atoms with van der Waals surface area (Å²) in [6, 6.07) is 17.1. The van der Waals surface area contributed by atoms with Crippen LogP contribution in [0.3, 0.4) is 0 Å². The molecule has 23 heavy (non-hydrogen) atoms. The Hall–Kier alpha value is -3.08. The van der Waals surface area contributed by atoms with E-state index in [4.69, 9.17) is 4.42 Å². The first-order valence-corrected chi connectivity index (χ1v) is 7.41. The molecule has 3 rings (SSSR count). The number of hydrogen-bond donors (Lipinski definition) is 1. The number of anilines is 3. The fraction of sp³-hybridized carbons (Fsp3) is 0.111. The van der Waals surface area contributed by atoms with Gasteiger partial charge in [-0.05, 0) is 43.3 Å². The van der Waals surface area contributed by atoms with Crippen LogP contribution in [0.2, 0.25) is 0 Å². The molecule has 0 bridgehead atoms. The van der Waals surface area contributed by atoms with Gasteiger partial charge in [-0.1, -0.05) is 18.2 Å². The maximum atomic E-state index is 11.9. The number of pyridine rings is 1. The third-order valence-corrected chi connectivity index (χ3v) is 3.43. The minimum atomic E-state index is -0.314. The van der Waals surface area contributed by atoms with Crippen LogP contribution >= 0.6 is 0 Å². The Morgan fingerprint density at radius 2 is 1.91 bits per heavy atom. The van der Waals surface area contributed by atoms with E-state index >= 15 is 0 Å². The summed E-state index contributed by atoms with van der Waals surface area (Å²) >= 11 is 0. The van der Waals surface area contributed by atoms with Crippen molar-refractivity contribution in [1.29, 1.82) is 0 Å². The Morgan fingerprint density at radius 1 is 1.09 bits per heavy atom. The molecule has 0 spiro atoms. The predicted octanol–water partition coefficient (Wildman–Crippen LogP) is 4.08. The monoisotopic (exact) mass is 307 g/mol. The first-order chi connectivity index (χ1) is 11.3. The summed E-state index contributed by atoms with van der Waals surface area (Å²) in [6.07, 6.45) is 3.21. The molecular formula is C18H17N3O2. The van der Waals surface area contributed by atoms with E-state index in [9.17, 15) is 4.79 Å². The third-order valence-electron chi connectivity index (χ3n) is 3.43. The summed E-state index contributed by atoms with van der Waals surface area (Å²) in [7, 11) is 0. The van der Waals surface area contributed by atoms with Crippen LogP contribution in [0, 0.1) is 0 Å². The van der Waals surface area contributed by atoms with Crippen molar-refractivity contribution in [3.8, 4) is 0 Å². The topological polar surface area (TPSA) is 58.4 Å². The first kappa shape index (κ1) is 14.8. The molecule has 0 aliphatic rings. The van der Waals surface area contributed by atoms with Crippen molar-refractivity contribution in [3.63, 3.8) is 0 Å². The van der Waals surface area contributed by atoms with E-state index in [0.29, 0.717) is 5.82 Å². The van der Waals surface area contributed by atoms with Crippen LogP contribution in [0.4, 0.5) is 17.2 Å². The zero-order chi connectivity index (χ0) is 16.1. The van der Waals surface area contributed by atoms with Gasteiger partial charge in [-0.2, -0.15) is 0 Å². The van der Waals surface area contributed by atoms with Gasteiger partial charge >= 0.3 is 0 Å². The Bertz CT molecular complexity index is 753. The molecule has 3 aromatic rings. The van der Waals surface area contributed by atoms with Gasteiger partial charge in [-0.25, -0.2) is 4.98 Å². The lowest BCUT2D eigenvalue weighted by atomic mass is 10.2. The molecule has 5 heteroatoms. The fourth-order valence-corrected chi connectivity index (χ4v) is 2.33. The van der Waals surface area contributed by atoms with Crippen LogP contribution in [-0.4, -0.2) is 17.4 Å². The van der Waals surface area contributed by atoms with Crippen LogP contribution < -0.4 is 10.2 Å². The van der Waals surface area contributed by atoms with Crippen LogP contribution in [0.25, 0.3) is 0 Å². The second-order valence-electron chi connectivity index (χ2n) is 4.91. The zero-order valence-corrected chi connectivity index (χ0v) is 12.8. The summed E-state index contributed by atoms with van der Waals surface area (Å²) < 4.78 is 5.06. The van der Waals surface area contributed by atoms with Crippen molar-refractivity contribution >= 4 is 23.1 Å². The number of nitrogens with one attached hydrogen (secondary N) is 1. The van der Waals surface area contributed by atoms with Crippen molar-refractivity contribution in [3.05, 3.63) is 72.8 Å². The van der Waals surface area contributed by atoms with E-state index in [1.54, 1.807) is 24.4 Å². The molecular weight excluding hydrogens is 290 g/mol. The van der Waals surface area contributed by atoms with Gasteiger partial charge in [0.15, 0.2) is 5.76 Å². The molecule has 1 amide bonds. The fourth-order valence-electron chi connectivity index (χ4n) is 2.33. The van der Waals surface area contributed by atoms with E-state index in [-0.39, 0.29) is 11.7 Å². The van der Waals surface area contributed by atoms with Crippen LogP contribution in [0.1, 0.15) is 17.5 Å².